The van der Waals surface area contributed by atoms with Gasteiger partial charge in [-0.1, -0.05) is 6.07 Å². The SMILES string of the molecule is Nc1c(NCCCn2ccnc2)cccc1C(=O)O. The minimum absolute atomic E-state index is 0.125. The molecule has 0 radical (unpaired) electrons. The maximum atomic E-state index is 10.9. The minimum Gasteiger partial charge on any atom is -0.478 e. The summed E-state index contributed by atoms with van der Waals surface area (Å²) in [5.41, 5.74) is 6.86. The number of rotatable bonds is 6. The van der Waals surface area contributed by atoms with Gasteiger partial charge in [-0.15, -0.1) is 0 Å². The van der Waals surface area contributed by atoms with Crippen LogP contribution in [0.15, 0.2) is 36.9 Å². The second kappa shape index (κ2) is 5.90. The van der Waals surface area contributed by atoms with Crippen LogP contribution >= 0.6 is 0 Å². The van der Waals surface area contributed by atoms with Crippen LogP contribution in [0.1, 0.15) is 16.8 Å². The van der Waals surface area contributed by atoms with E-state index in [1.807, 2.05) is 10.8 Å². The van der Waals surface area contributed by atoms with Gasteiger partial charge in [0, 0.05) is 25.5 Å². The molecule has 0 aliphatic rings. The van der Waals surface area contributed by atoms with Gasteiger partial charge in [0.1, 0.15) is 0 Å². The van der Waals surface area contributed by atoms with Crippen LogP contribution in [0.5, 0.6) is 0 Å². The van der Waals surface area contributed by atoms with Gasteiger partial charge < -0.3 is 20.7 Å². The van der Waals surface area contributed by atoms with E-state index in [9.17, 15) is 4.79 Å². The van der Waals surface area contributed by atoms with E-state index >= 15 is 0 Å². The Morgan fingerprint density at radius 3 is 3.00 bits per heavy atom. The highest BCUT2D eigenvalue weighted by atomic mass is 16.4. The molecule has 6 heteroatoms. The summed E-state index contributed by atoms with van der Waals surface area (Å²) in [6, 6.07) is 4.95. The first kappa shape index (κ1) is 12.9. The Kier molecular flexibility index (Phi) is 4.02. The van der Waals surface area contributed by atoms with E-state index in [1.54, 1.807) is 24.7 Å². The van der Waals surface area contributed by atoms with E-state index in [0.717, 1.165) is 13.0 Å². The number of carboxylic acid groups (broad SMARTS) is 1. The molecule has 0 spiro atoms. The number of carbonyl (C=O) groups is 1. The first-order valence-corrected chi connectivity index (χ1v) is 6.00. The summed E-state index contributed by atoms with van der Waals surface area (Å²) in [5.74, 6) is -1.01. The van der Waals surface area contributed by atoms with Crippen molar-refractivity contribution < 1.29 is 9.90 Å². The number of benzene rings is 1. The van der Waals surface area contributed by atoms with Gasteiger partial charge >= 0.3 is 5.97 Å². The molecule has 0 saturated carbocycles. The van der Waals surface area contributed by atoms with Crippen LogP contribution in [0.3, 0.4) is 0 Å². The van der Waals surface area contributed by atoms with Crippen LogP contribution in [0.4, 0.5) is 11.4 Å². The number of aryl methyl sites for hydroxylation is 1. The molecule has 0 fully saturated rings. The molecular weight excluding hydrogens is 244 g/mol. The maximum Gasteiger partial charge on any atom is 0.337 e. The largest absolute Gasteiger partial charge is 0.478 e. The third kappa shape index (κ3) is 3.25. The van der Waals surface area contributed by atoms with Gasteiger partial charge in [0.05, 0.1) is 23.3 Å². The lowest BCUT2D eigenvalue weighted by Crippen LogP contribution is -2.10. The fourth-order valence-electron chi connectivity index (χ4n) is 1.81. The molecule has 0 aliphatic carbocycles. The first-order valence-electron chi connectivity index (χ1n) is 6.00. The smallest absolute Gasteiger partial charge is 0.337 e. The van der Waals surface area contributed by atoms with Crippen LogP contribution < -0.4 is 11.1 Å². The summed E-state index contributed by atoms with van der Waals surface area (Å²) in [5, 5.41) is 12.1. The highest BCUT2D eigenvalue weighted by molar-refractivity contribution is 5.97. The Bertz CT molecular complexity index is 552. The Hall–Kier alpha value is -2.50. The van der Waals surface area contributed by atoms with Crippen molar-refractivity contribution in [3.05, 3.63) is 42.5 Å². The Morgan fingerprint density at radius 2 is 2.32 bits per heavy atom. The molecule has 1 aromatic carbocycles. The van der Waals surface area contributed by atoms with Gasteiger partial charge in [0.2, 0.25) is 0 Å². The molecule has 4 N–H and O–H groups in total. The van der Waals surface area contributed by atoms with E-state index in [-0.39, 0.29) is 11.3 Å². The summed E-state index contributed by atoms with van der Waals surface area (Å²) < 4.78 is 1.98. The van der Waals surface area contributed by atoms with Crippen LogP contribution in [-0.2, 0) is 6.54 Å². The number of hydrogen-bond donors (Lipinski definition) is 3. The number of hydrogen-bond acceptors (Lipinski definition) is 4. The molecule has 1 heterocycles. The van der Waals surface area contributed by atoms with E-state index < -0.39 is 5.97 Å². The number of nitrogens with zero attached hydrogens (tertiary/aromatic N) is 2. The number of aromatic carboxylic acids is 1. The predicted molar refractivity (Wildman–Crippen MR) is 73.1 cm³/mol. The van der Waals surface area contributed by atoms with E-state index in [4.69, 9.17) is 10.8 Å². The summed E-state index contributed by atoms with van der Waals surface area (Å²) in [6.07, 6.45) is 6.30. The van der Waals surface area contributed by atoms with E-state index in [1.165, 1.54) is 6.07 Å². The lowest BCUT2D eigenvalue weighted by Gasteiger charge is -2.11. The second-order valence-electron chi connectivity index (χ2n) is 4.15. The van der Waals surface area contributed by atoms with Crippen LogP contribution in [-0.4, -0.2) is 27.2 Å². The highest BCUT2D eigenvalue weighted by Crippen LogP contribution is 2.22. The number of nitrogens with two attached hydrogens (primary N) is 1. The summed E-state index contributed by atoms with van der Waals surface area (Å²) in [4.78, 5) is 14.9. The Labute approximate surface area is 110 Å². The van der Waals surface area contributed by atoms with Crippen molar-refractivity contribution in [2.45, 2.75) is 13.0 Å². The number of nitrogens with one attached hydrogen (secondary N) is 1. The van der Waals surface area contributed by atoms with Gasteiger partial charge in [0.25, 0.3) is 0 Å². The number of para-hydroxylation sites is 1. The number of carboxylic acids is 1. The van der Waals surface area contributed by atoms with Gasteiger partial charge in [-0.2, -0.15) is 0 Å². The number of anilines is 2. The Morgan fingerprint density at radius 1 is 1.47 bits per heavy atom. The molecule has 1 aromatic heterocycles. The van der Waals surface area contributed by atoms with E-state index in [0.29, 0.717) is 12.2 Å². The zero-order chi connectivity index (χ0) is 13.7. The predicted octanol–water partition coefficient (Wildman–Crippen LogP) is 1.67. The summed E-state index contributed by atoms with van der Waals surface area (Å²) in [7, 11) is 0. The average molecular weight is 260 g/mol. The lowest BCUT2D eigenvalue weighted by atomic mass is 10.1. The standard InChI is InChI=1S/C13H16N4O2/c14-12-10(13(18)19)3-1-4-11(12)16-5-2-7-17-8-6-15-9-17/h1,3-4,6,8-9,16H,2,5,7,14H2,(H,18,19). The van der Waals surface area contributed by atoms with Crippen molar-refractivity contribution in [2.75, 3.05) is 17.6 Å². The minimum atomic E-state index is -1.01. The number of imidazole rings is 1. The molecule has 2 aromatic rings. The van der Waals surface area contributed by atoms with Crippen LogP contribution in [0.2, 0.25) is 0 Å². The fourth-order valence-corrected chi connectivity index (χ4v) is 1.81. The second-order valence-corrected chi connectivity index (χ2v) is 4.15. The molecule has 19 heavy (non-hydrogen) atoms. The van der Waals surface area contributed by atoms with Gasteiger partial charge in [-0.25, -0.2) is 9.78 Å². The molecule has 0 unspecified atom stereocenters. The molecule has 2 rings (SSSR count). The molecular formula is C13H16N4O2. The molecule has 0 saturated heterocycles. The van der Waals surface area contributed by atoms with Crippen molar-refractivity contribution in [2.24, 2.45) is 0 Å². The number of nitrogen functional groups attached to an aromatic ring is 1. The average Bonchev–Trinajstić information content (AvgIpc) is 2.89. The third-order valence-electron chi connectivity index (χ3n) is 2.80. The number of aromatic nitrogens is 2. The van der Waals surface area contributed by atoms with Gasteiger partial charge in [-0.05, 0) is 18.6 Å². The Balaban J connectivity index is 1.89. The monoisotopic (exact) mass is 260 g/mol. The highest BCUT2D eigenvalue weighted by Gasteiger charge is 2.10. The lowest BCUT2D eigenvalue weighted by molar-refractivity contribution is 0.0698. The quantitative estimate of drug-likeness (QED) is 0.542. The fraction of sp³-hybridized carbons (Fsp3) is 0.231. The van der Waals surface area contributed by atoms with Crippen LogP contribution in [0, 0.1) is 0 Å². The first-order chi connectivity index (χ1) is 9.18. The maximum absolute atomic E-state index is 10.9. The molecule has 0 amide bonds. The van der Waals surface area contributed by atoms with E-state index in [2.05, 4.69) is 10.3 Å². The summed E-state index contributed by atoms with van der Waals surface area (Å²) in [6.45, 7) is 1.57. The van der Waals surface area contributed by atoms with Crippen molar-refractivity contribution in [3.8, 4) is 0 Å². The van der Waals surface area contributed by atoms with Crippen LogP contribution in [0.25, 0.3) is 0 Å². The van der Waals surface area contributed by atoms with Crippen molar-refractivity contribution in [1.82, 2.24) is 9.55 Å². The van der Waals surface area contributed by atoms with Gasteiger partial charge in [0.15, 0.2) is 0 Å². The van der Waals surface area contributed by atoms with Crippen molar-refractivity contribution >= 4 is 17.3 Å². The van der Waals surface area contributed by atoms with Crippen molar-refractivity contribution in [1.29, 1.82) is 0 Å². The molecule has 0 bridgehead atoms. The summed E-state index contributed by atoms with van der Waals surface area (Å²) >= 11 is 0. The molecule has 0 atom stereocenters. The van der Waals surface area contributed by atoms with Crippen molar-refractivity contribution in [3.63, 3.8) is 0 Å². The zero-order valence-corrected chi connectivity index (χ0v) is 10.4. The molecule has 6 nitrogen and oxygen atoms in total. The topological polar surface area (TPSA) is 93.2 Å². The van der Waals surface area contributed by atoms with Gasteiger partial charge in [-0.3, -0.25) is 0 Å². The normalized spacial score (nSPS) is 10.3. The zero-order valence-electron chi connectivity index (χ0n) is 10.4. The third-order valence-corrected chi connectivity index (χ3v) is 2.80. The molecule has 0 aliphatic heterocycles. The molecule has 100 valence electrons.